The Hall–Kier alpha value is -3.43. The fraction of sp³-hybridized carbons (Fsp3) is 0.174. The third-order valence-corrected chi connectivity index (χ3v) is 6.44. The van der Waals surface area contributed by atoms with Crippen molar-refractivity contribution >= 4 is 38.9 Å². The fourth-order valence-corrected chi connectivity index (χ4v) is 4.51. The number of carbonyl (C=O) groups is 1. The second-order valence-electron chi connectivity index (χ2n) is 6.98. The smallest absolute Gasteiger partial charge is 0.265 e. The Morgan fingerprint density at radius 3 is 2.09 bits per heavy atom. The van der Waals surface area contributed by atoms with Crippen molar-refractivity contribution in [2.45, 2.75) is 11.8 Å². The number of ether oxygens (including phenoxy) is 3. The molecule has 0 saturated heterocycles. The summed E-state index contributed by atoms with van der Waals surface area (Å²) in [5, 5.41) is 2.95. The van der Waals surface area contributed by atoms with E-state index in [0.29, 0.717) is 22.9 Å². The second kappa shape index (κ2) is 10.0. The summed E-state index contributed by atoms with van der Waals surface area (Å²) in [6, 6.07) is 14.0. The molecule has 0 aliphatic carbocycles. The molecule has 0 radical (unpaired) electrons. The lowest BCUT2D eigenvalue weighted by Gasteiger charge is -2.15. The Balaban J connectivity index is 1.94. The van der Waals surface area contributed by atoms with Crippen molar-refractivity contribution < 1.29 is 27.4 Å². The first-order valence-corrected chi connectivity index (χ1v) is 11.5. The number of hydrogen-bond acceptors (Lipinski definition) is 6. The van der Waals surface area contributed by atoms with E-state index in [1.807, 2.05) is 6.92 Å². The molecule has 0 aliphatic rings. The number of sulfonamides is 1. The first kappa shape index (κ1) is 24.2. The molecule has 2 N–H and O–H groups in total. The van der Waals surface area contributed by atoms with Gasteiger partial charge in [-0.2, -0.15) is 0 Å². The maximum Gasteiger partial charge on any atom is 0.265 e. The number of benzene rings is 3. The van der Waals surface area contributed by atoms with Crippen LogP contribution in [0.1, 0.15) is 15.9 Å². The molecule has 0 heterocycles. The molecule has 0 aliphatic heterocycles. The zero-order valence-corrected chi connectivity index (χ0v) is 20.0. The van der Waals surface area contributed by atoms with Crippen molar-refractivity contribution in [3.63, 3.8) is 0 Å². The van der Waals surface area contributed by atoms with Gasteiger partial charge >= 0.3 is 0 Å². The van der Waals surface area contributed by atoms with E-state index in [2.05, 4.69) is 10.0 Å². The average Bonchev–Trinajstić information content (AvgIpc) is 2.80. The average molecular weight is 491 g/mol. The summed E-state index contributed by atoms with van der Waals surface area (Å²) in [5.41, 5.74) is 1.76. The van der Waals surface area contributed by atoms with Crippen molar-refractivity contribution in [2.24, 2.45) is 0 Å². The molecule has 10 heteroatoms. The minimum absolute atomic E-state index is 0.0917. The van der Waals surface area contributed by atoms with E-state index in [1.54, 1.807) is 24.3 Å². The first-order chi connectivity index (χ1) is 15.7. The molecule has 0 fully saturated rings. The van der Waals surface area contributed by atoms with Crippen LogP contribution >= 0.6 is 11.6 Å². The van der Waals surface area contributed by atoms with Gasteiger partial charge in [0.2, 0.25) is 0 Å². The largest absolute Gasteiger partial charge is 0.495 e. The number of rotatable bonds is 8. The number of methoxy groups -OCH3 is 3. The van der Waals surface area contributed by atoms with Crippen LogP contribution in [0.5, 0.6) is 17.2 Å². The Labute approximate surface area is 197 Å². The standard InChI is InChI=1S/C23H23ClN2O6S/c1-14-5-8-16(9-6-14)26-33(28,29)22-11-15(7-10-19(22)30-2)23(27)25-18-12-17(24)20(31-3)13-21(18)32-4/h5-13,26H,1-4H3,(H,25,27). The molecule has 3 aromatic rings. The molecule has 0 aromatic heterocycles. The van der Waals surface area contributed by atoms with E-state index in [0.717, 1.165) is 5.56 Å². The molecular formula is C23H23ClN2O6S. The van der Waals surface area contributed by atoms with Gasteiger partial charge in [0.05, 0.1) is 32.0 Å². The van der Waals surface area contributed by atoms with Crippen molar-refractivity contribution in [1.29, 1.82) is 0 Å². The summed E-state index contributed by atoms with van der Waals surface area (Å²) >= 11 is 6.16. The summed E-state index contributed by atoms with van der Waals surface area (Å²) in [5.74, 6) is 0.235. The maximum atomic E-state index is 13.0. The van der Waals surface area contributed by atoms with Gasteiger partial charge in [-0.1, -0.05) is 29.3 Å². The van der Waals surface area contributed by atoms with Gasteiger partial charge in [-0.15, -0.1) is 0 Å². The lowest BCUT2D eigenvalue weighted by Crippen LogP contribution is -2.17. The van der Waals surface area contributed by atoms with Gasteiger partial charge < -0.3 is 19.5 Å². The number of amides is 1. The fourth-order valence-electron chi connectivity index (χ4n) is 3.01. The summed E-state index contributed by atoms with van der Waals surface area (Å²) in [6.45, 7) is 1.90. The topological polar surface area (TPSA) is 103 Å². The Morgan fingerprint density at radius 2 is 1.48 bits per heavy atom. The van der Waals surface area contributed by atoms with Crippen LogP contribution in [0.25, 0.3) is 0 Å². The molecule has 174 valence electrons. The van der Waals surface area contributed by atoms with Gasteiger partial charge in [0.1, 0.15) is 22.1 Å². The highest BCUT2D eigenvalue weighted by Crippen LogP contribution is 2.36. The van der Waals surface area contributed by atoms with Crippen molar-refractivity contribution in [3.05, 3.63) is 70.7 Å². The van der Waals surface area contributed by atoms with Crippen LogP contribution in [0.15, 0.2) is 59.5 Å². The summed E-state index contributed by atoms with van der Waals surface area (Å²) in [6.07, 6.45) is 0. The van der Waals surface area contributed by atoms with Crippen LogP contribution in [0.3, 0.4) is 0 Å². The Morgan fingerprint density at radius 1 is 0.848 bits per heavy atom. The summed E-state index contributed by atoms with van der Waals surface area (Å²) in [4.78, 5) is 12.7. The number of anilines is 2. The Bertz CT molecular complexity index is 1280. The van der Waals surface area contributed by atoms with Crippen LogP contribution in [-0.4, -0.2) is 35.7 Å². The molecule has 0 saturated carbocycles. The molecule has 0 atom stereocenters. The van der Waals surface area contributed by atoms with E-state index in [-0.39, 0.29) is 21.2 Å². The van der Waals surface area contributed by atoms with E-state index in [4.69, 9.17) is 25.8 Å². The van der Waals surface area contributed by atoms with Crippen molar-refractivity contribution in [3.8, 4) is 17.2 Å². The van der Waals surface area contributed by atoms with Crippen LogP contribution in [0.4, 0.5) is 11.4 Å². The third-order valence-electron chi connectivity index (χ3n) is 4.74. The normalized spacial score (nSPS) is 10.9. The molecule has 3 aromatic carbocycles. The first-order valence-electron chi connectivity index (χ1n) is 9.69. The van der Waals surface area contributed by atoms with Crippen molar-refractivity contribution in [2.75, 3.05) is 31.4 Å². The van der Waals surface area contributed by atoms with Gasteiger partial charge in [0, 0.05) is 17.3 Å². The van der Waals surface area contributed by atoms with Crippen molar-refractivity contribution in [1.82, 2.24) is 0 Å². The number of hydrogen-bond donors (Lipinski definition) is 2. The summed E-state index contributed by atoms with van der Waals surface area (Å²) in [7, 11) is 0.207. The molecule has 0 unspecified atom stereocenters. The van der Waals surface area contributed by atoms with E-state index >= 15 is 0 Å². The number of aryl methyl sites for hydroxylation is 1. The van der Waals surface area contributed by atoms with E-state index in [1.165, 1.54) is 51.7 Å². The molecule has 0 bridgehead atoms. The molecule has 1 amide bonds. The van der Waals surface area contributed by atoms with Gasteiger partial charge in [-0.3, -0.25) is 9.52 Å². The Kier molecular flexibility index (Phi) is 7.35. The minimum Gasteiger partial charge on any atom is -0.495 e. The quantitative estimate of drug-likeness (QED) is 0.473. The molecule has 33 heavy (non-hydrogen) atoms. The highest BCUT2D eigenvalue weighted by molar-refractivity contribution is 7.92. The van der Waals surface area contributed by atoms with E-state index in [9.17, 15) is 13.2 Å². The lowest BCUT2D eigenvalue weighted by molar-refractivity contribution is 0.102. The number of nitrogens with one attached hydrogen (secondary N) is 2. The predicted octanol–water partition coefficient (Wildman–Crippen LogP) is 4.73. The highest BCUT2D eigenvalue weighted by atomic mass is 35.5. The molecule has 3 rings (SSSR count). The molecule has 8 nitrogen and oxygen atoms in total. The third kappa shape index (κ3) is 5.50. The zero-order valence-electron chi connectivity index (χ0n) is 18.4. The van der Waals surface area contributed by atoms with Crippen LogP contribution in [0.2, 0.25) is 5.02 Å². The minimum atomic E-state index is -4.04. The second-order valence-corrected chi connectivity index (χ2v) is 9.04. The van der Waals surface area contributed by atoms with Gasteiger partial charge in [0.25, 0.3) is 15.9 Å². The monoisotopic (exact) mass is 490 g/mol. The number of halogens is 1. The maximum absolute atomic E-state index is 13.0. The number of carbonyl (C=O) groups excluding carboxylic acids is 1. The van der Waals surface area contributed by atoms with Gasteiger partial charge in [-0.25, -0.2) is 8.42 Å². The predicted molar refractivity (Wildman–Crippen MR) is 127 cm³/mol. The van der Waals surface area contributed by atoms with Crippen LogP contribution in [-0.2, 0) is 10.0 Å². The molecule has 0 spiro atoms. The van der Waals surface area contributed by atoms with E-state index < -0.39 is 15.9 Å². The SMILES string of the molecule is COc1cc(OC)c(NC(=O)c2ccc(OC)c(S(=O)(=O)Nc3ccc(C)cc3)c2)cc1Cl. The lowest BCUT2D eigenvalue weighted by atomic mass is 10.2. The zero-order chi connectivity index (χ0) is 24.2. The highest BCUT2D eigenvalue weighted by Gasteiger charge is 2.23. The van der Waals surface area contributed by atoms with Crippen LogP contribution in [0, 0.1) is 6.92 Å². The summed E-state index contributed by atoms with van der Waals surface area (Å²) < 4.78 is 44.2. The molecular weight excluding hydrogens is 468 g/mol. The van der Waals surface area contributed by atoms with Crippen LogP contribution < -0.4 is 24.2 Å². The van der Waals surface area contributed by atoms with Gasteiger partial charge in [-0.05, 0) is 43.3 Å². The van der Waals surface area contributed by atoms with Gasteiger partial charge in [0.15, 0.2) is 0 Å².